The molecular formula is C25H20N4O2. The predicted octanol–water partition coefficient (Wildman–Crippen LogP) is 6.06. The number of nitrogens with zero attached hydrogens (tertiary/aromatic N) is 3. The fraction of sp³-hybridized carbons (Fsp3) is 0.160. The molecule has 6 heteroatoms. The van der Waals surface area contributed by atoms with E-state index in [1.165, 1.54) is 6.42 Å². The predicted molar refractivity (Wildman–Crippen MR) is 120 cm³/mol. The van der Waals surface area contributed by atoms with Gasteiger partial charge in [-0.1, -0.05) is 30.3 Å². The summed E-state index contributed by atoms with van der Waals surface area (Å²) >= 11 is 0. The first kappa shape index (κ1) is 18.9. The summed E-state index contributed by atoms with van der Waals surface area (Å²) in [6.45, 7) is 0. The van der Waals surface area contributed by atoms with Crippen LogP contribution in [0.1, 0.15) is 30.9 Å². The van der Waals surface area contributed by atoms with E-state index in [0.29, 0.717) is 17.3 Å². The standard InChI is InChI=1S/C25H20N4O2/c26-15-21-20-12-9-17(22-6-1-2-13-27-22)14-23(20)29(19-4-3-5-19)24(21)16-7-10-18(11-8-16)28-25(30)31/h1-2,6-14,19,28H,3-5H2,(H,30,31). The second-order valence-electron chi connectivity index (χ2n) is 7.74. The van der Waals surface area contributed by atoms with Crippen molar-refractivity contribution < 1.29 is 9.90 Å². The topological polar surface area (TPSA) is 90.9 Å². The van der Waals surface area contributed by atoms with Crippen molar-refractivity contribution in [2.45, 2.75) is 25.3 Å². The molecule has 1 saturated carbocycles. The van der Waals surface area contributed by atoms with Crippen LogP contribution in [0.3, 0.4) is 0 Å². The second-order valence-corrected chi connectivity index (χ2v) is 7.74. The lowest BCUT2D eigenvalue weighted by atomic mass is 9.92. The van der Waals surface area contributed by atoms with Crippen molar-refractivity contribution in [1.29, 1.82) is 5.26 Å². The van der Waals surface area contributed by atoms with Crippen molar-refractivity contribution in [3.8, 4) is 28.6 Å². The molecule has 0 spiro atoms. The van der Waals surface area contributed by atoms with Crippen LogP contribution in [-0.4, -0.2) is 20.8 Å². The van der Waals surface area contributed by atoms with Gasteiger partial charge in [0, 0.05) is 28.9 Å². The van der Waals surface area contributed by atoms with Gasteiger partial charge in [-0.25, -0.2) is 4.79 Å². The zero-order valence-electron chi connectivity index (χ0n) is 16.7. The molecule has 1 aliphatic rings. The van der Waals surface area contributed by atoms with Crippen molar-refractivity contribution in [3.63, 3.8) is 0 Å². The van der Waals surface area contributed by atoms with E-state index in [9.17, 15) is 10.1 Å². The van der Waals surface area contributed by atoms with Crippen molar-refractivity contribution >= 4 is 22.7 Å². The Morgan fingerprint density at radius 3 is 2.48 bits per heavy atom. The minimum Gasteiger partial charge on any atom is -0.465 e. The van der Waals surface area contributed by atoms with Crippen LogP contribution in [0.5, 0.6) is 0 Å². The third kappa shape index (κ3) is 3.30. The highest BCUT2D eigenvalue weighted by molar-refractivity contribution is 5.97. The fourth-order valence-electron chi connectivity index (χ4n) is 4.26. The number of carbonyl (C=O) groups is 1. The van der Waals surface area contributed by atoms with E-state index < -0.39 is 6.09 Å². The molecule has 1 aliphatic carbocycles. The Labute approximate surface area is 179 Å². The molecule has 1 amide bonds. The van der Waals surface area contributed by atoms with E-state index in [-0.39, 0.29) is 0 Å². The zero-order chi connectivity index (χ0) is 21.4. The average Bonchev–Trinajstić information content (AvgIpc) is 3.06. The van der Waals surface area contributed by atoms with Crippen LogP contribution in [0, 0.1) is 11.3 Å². The number of carboxylic acid groups (broad SMARTS) is 1. The van der Waals surface area contributed by atoms with Crippen LogP contribution < -0.4 is 5.32 Å². The molecule has 6 nitrogen and oxygen atoms in total. The summed E-state index contributed by atoms with van der Waals surface area (Å²) in [7, 11) is 0. The van der Waals surface area contributed by atoms with Gasteiger partial charge in [0.05, 0.1) is 22.5 Å². The first-order valence-corrected chi connectivity index (χ1v) is 10.3. The number of nitrogens with one attached hydrogen (secondary N) is 1. The normalized spacial score (nSPS) is 13.5. The zero-order valence-corrected chi connectivity index (χ0v) is 16.7. The Morgan fingerprint density at radius 2 is 1.87 bits per heavy atom. The largest absolute Gasteiger partial charge is 0.465 e. The highest BCUT2D eigenvalue weighted by Gasteiger charge is 2.28. The Kier molecular flexibility index (Phi) is 4.64. The monoisotopic (exact) mass is 408 g/mol. The number of rotatable bonds is 4. The van der Waals surface area contributed by atoms with Crippen molar-refractivity contribution in [2.24, 2.45) is 0 Å². The van der Waals surface area contributed by atoms with E-state index >= 15 is 0 Å². The average molecular weight is 408 g/mol. The van der Waals surface area contributed by atoms with Gasteiger partial charge in [0.15, 0.2) is 0 Å². The summed E-state index contributed by atoms with van der Waals surface area (Å²) in [6.07, 6.45) is 4.01. The third-order valence-electron chi connectivity index (χ3n) is 5.93. The first-order valence-electron chi connectivity index (χ1n) is 10.3. The number of fused-ring (bicyclic) bond motifs is 1. The lowest BCUT2D eigenvalue weighted by Crippen LogP contribution is -2.17. The van der Waals surface area contributed by atoms with E-state index in [4.69, 9.17) is 5.11 Å². The van der Waals surface area contributed by atoms with Gasteiger partial charge in [-0.3, -0.25) is 10.3 Å². The Hall–Kier alpha value is -4.11. The number of hydrogen-bond acceptors (Lipinski definition) is 3. The van der Waals surface area contributed by atoms with Crippen molar-refractivity contribution in [1.82, 2.24) is 9.55 Å². The number of nitriles is 1. The lowest BCUT2D eigenvalue weighted by Gasteiger charge is -2.30. The molecule has 2 aromatic heterocycles. The van der Waals surface area contributed by atoms with Gasteiger partial charge in [0.25, 0.3) is 0 Å². The maximum atomic E-state index is 10.9. The maximum Gasteiger partial charge on any atom is 0.409 e. The minimum atomic E-state index is -1.10. The molecule has 0 unspecified atom stereocenters. The Bertz CT molecular complexity index is 1310. The molecule has 4 aromatic rings. The Balaban J connectivity index is 1.72. The van der Waals surface area contributed by atoms with Crippen LogP contribution in [-0.2, 0) is 0 Å². The van der Waals surface area contributed by atoms with E-state index in [0.717, 1.165) is 46.3 Å². The van der Waals surface area contributed by atoms with Crippen molar-refractivity contribution in [2.75, 3.05) is 5.32 Å². The second kappa shape index (κ2) is 7.62. The number of hydrogen-bond donors (Lipinski definition) is 2. The maximum absolute atomic E-state index is 10.9. The Morgan fingerprint density at radius 1 is 1.10 bits per heavy atom. The highest BCUT2D eigenvalue weighted by atomic mass is 16.4. The van der Waals surface area contributed by atoms with Crippen LogP contribution in [0.15, 0.2) is 66.9 Å². The third-order valence-corrected chi connectivity index (χ3v) is 5.93. The molecule has 2 aromatic carbocycles. The highest BCUT2D eigenvalue weighted by Crippen LogP contribution is 2.43. The summed E-state index contributed by atoms with van der Waals surface area (Å²) in [4.78, 5) is 15.4. The molecule has 2 heterocycles. The van der Waals surface area contributed by atoms with Crippen LogP contribution in [0.4, 0.5) is 10.5 Å². The van der Waals surface area contributed by atoms with Gasteiger partial charge in [-0.2, -0.15) is 5.26 Å². The van der Waals surface area contributed by atoms with E-state index in [1.54, 1.807) is 18.3 Å². The van der Waals surface area contributed by atoms with E-state index in [2.05, 4.69) is 27.0 Å². The quantitative estimate of drug-likeness (QED) is 0.429. The van der Waals surface area contributed by atoms with Crippen LogP contribution >= 0.6 is 0 Å². The smallest absolute Gasteiger partial charge is 0.409 e. The number of benzene rings is 2. The number of amides is 1. The lowest BCUT2D eigenvalue weighted by molar-refractivity contribution is 0.210. The number of aromatic nitrogens is 2. The minimum absolute atomic E-state index is 0.343. The molecule has 2 N–H and O–H groups in total. The van der Waals surface area contributed by atoms with Gasteiger partial charge in [-0.05, 0) is 55.2 Å². The number of pyridine rings is 1. The molecule has 0 aliphatic heterocycles. The summed E-state index contributed by atoms with van der Waals surface area (Å²) in [5.74, 6) is 0. The summed E-state index contributed by atoms with van der Waals surface area (Å²) < 4.78 is 2.30. The molecule has 1 fully saturated rings. The van der Waals surface area contributed by atoms with Gasteiger partial charge < -0.3 is 9.67 Å². The van der Waals surface area contributed by atoms with E-state index in [1.807, 2.05) is 42.5 Å². The van der Waals surface area contributed by atoms with Crippen LogP contribution in [0.25, 0.3) is 33.4 Å². The number of anilines is 1. The molecule has 0 bridgehead atoms. The molecular weight excluding hydrogens is 388 g/mol. The fourth-order valence-corrected chi connectivity index (χ4v) is 4.26. The van der Waals surface area contributed by atoms with Crippen LogP contribution in [0.2, 0.25) is 0 Å². The van der Waals surface area contributed by atoms with Gasteiger partial charge in [-0.15, -0.1) is 0 Å². The SMILES string of the molecule is N#Cc1c(-c2ccc(NC(=O)O)cc2)n(C2CCC2)c2cc(-c3ccccn3)ccc12. The molecule has 5 rings (SSSR count). The van der Waals surface area contributed by atoms with Gasteiger partial charge >= 0.3 is 6.09 Å². The molecule has 0 saturated heterocycles. The summed E-state index contributed by atoms with van der Waals surface area (Å²) in [5.41, 5.74) is 5.88. The van der Waals surface area contributed by atoms with Gasteiger partial charge in [0.2, 0.25) is 0 Å². The molecule has 0 radical (unpaired) electrons. The van der Waals surface area contributed by atoms with Crippen molar-refractivity contribution in [3.05, 3.63) is 72.4 Å². The molecule has 31 heavy (non-hydrogen) atoms. The molecule has 0 atom stereocenters. The molecule has 152 valence electrons. The summed E-state index contributed by atoms with van der Waals surface area (Å²) in [5, 5.41) is 22.3. The first-order chi connectivity index (χ1) is 15.2. The summed E-state index contributed by atoms with van der Waals surface area (Å²) in [6, 6.07) is 22.0. The van der Waals surface area contributed by atoms with Gasteiger partial charge in [0.1, 0.15) is 6.07 Å².